The van der Waals surface area contributed by atoms with E-state index in [9.17, 15) is 9.59 Å². The molecule has 0 saturated heterocycles. The van der Waals surface area contributed by atoms with Crippen molar-refractivity contribution < 1.29 is 33.3 Å². The van der Waals surface area contributed by atoms with Crippen molar-refractivity contribution in [2.24, 2.45) is 0 Å². The Balaban J connectivity index is 1.47. The Kier molecular flexibility index (Phi) is 7.43. The van der Waals surface area contributed by atoms with Gasteiger partial charge in [-0.15, -0.1) is 0 Å². The van der Waals surface area contributed by atoms with Crippen molar-refractivity contribution in [1.82, 2.24) is 0 Å². The summed E-state index contributed by atoms with van der Waals surface area (Å²) in [6, 6.07) is 27.5. The molecule has 230 valence electrons. The van der Waals surface area contributed by atoms with Gasteiger partial charge in [0, 0.05) is 17.0 Å². The lowest BCUT2D eigenvalue weighted by Gasteiger charge is -2.31. The van der Waals surface area contributed by atoms with E-state index >= 15 is 0 Å². The highest BCUT2D eigenvalue weighted by atomic mass is 16.7. The molecule has 7 nitrogen and oxygen atoms in total. The molecule has 7 heteroatoms. The van der Waals surface area contributed by atoms with Crippen LogP contribution in [0.3, 0.4) is 0 Å². The molecular weight excluding hydrogens is 568 g/mol. The molecule has 0 aliphatic carbocycles. The molecule has 0 N–H and O–H groups in total. The maximum Gasteiger partial charge on any atom is 0.514 e. The molecule has 1 aliphatic heterocycles. The smallest absolute Gasteiger partial charge is 0.457 e. The largest absolute Gasteiger partial charge is 0.514 e. The first-order valence-electron chi connectivity index (χ1n) is 14.9. The Morgan fingerprint density at radius 3 is 1.56 bits per heavy atom. The number of hydrogen-bond acceptors (Lipinski definition) is 7. The quantitative estimate of drug-likeness (QED) is 0.147. The summed E-state index contributed by atoms with van der Waals surface area (Å²) < 4.78 is 28.3. The fourth-order valence-corrected chi connectivity index (χ4v) is 5.70. The van der Waals surface area contributed by atoms with Crippen molar-refractivity contribution in [2.75, 3.05) is 0 Å². The molecule has 0 radical (unpaired) electrons. The first kappa shape index (κ1) is 30.0. The average Bonchev–Trinajstić information content (AvgIpc) is 2.93. The number of rotatable bonds is 3. The van der Waals surface area contributed by atoms with Gasteiger partial charge in [-0.1, -0.05) is 54.1 Å². The van der Waals surface area contributed by atoms with E-state index < -0.39 is 23.5 Å². The van der Waals surface area contributed by atoms with E-state index in [2.05, 4.69) is 31.2 Å². The van der Waals surface area contributed by atoms with E-state index in [0.717, 1.165) is 55.3 Å². The second-order valence-electron chi connectivity index (χ2n) is 13.3. The van der Waals surface area contributed by atoms with Gasteiger partial charge in [0.2, 0.25) is 0 Å². The van der Waals surface area contributed by atoms with E-state index in [1.54, 1.807) is 53.7 Å². The predicted molar refractivity (Wildman–Crippen MR) is 174 cm³/mol. The summed E-state index contributed by atoms with van der Waals surface area (Å²) in [5, 5.41) is 3.74. The molecule has 45 heavy (non-hydrogen) atoms. The van der Waals surface area contributed by atoms with Gasteiger partial charge in [0.25, 0.3) is 0 Å². The van der Waals surface area contributed by atoms with E-state index in [1.165, 1.54) is 0 Å². The van der Waals surface area contributed by atoms with Gasteiger partial charge < -0.3 is 23.7 Å². The van der Waals surface area contributed by atoms with Crippen LogP contribution in [0.25, 0.3) is 21.5 Å². The number of aryl methyl sites for hydroxylation is 1. The molecule has 1 heterocycles. The molecule has 6 rings (SSSR count). The molecule has 0 bridgehead atoms. The third kappa shape index (κ3) is 6.43. The molecule has 5 aromatic rings. The fraction of sp³-hybridized carbons (Fsp3) is 0.263. The minimum absolute atomic E-state index is 0.175. The number of benzene rings is 5. The van der Waals surface area contributed by atoms with E-state index in [0.29, 0.717) is 11.5 Å². The van der Waals surface area contributed by atoms with Gasteiger partial charge in [0.1, 0.15) is 34.2 Å². The van der Waals surface area contributed by atoms with Crippen LogP contribution in [0.15, 0.2) is 84.9 Å². The number of carbonyl (C=O) groups is 2. The molecule has 0 saturated carbocycles. The Labute approximate surface area is 262 Å². The highest BCUT2D eigenvalue weighted by Crippen LogP contribution is 2.52. The first-order valence-corrected chi connectivity index (χ1v) is 14.9. The van der Waals surface area contributed by atoms with Gasteiger partial charge in [0.05, 0.1) is 0 Å². The number of fused-ring (bicyclic) bond motifs is 6. The van der Waals surface area contributed by atoms with E-state index in [1.807, 2.05) is 48.5 Å². The molecule has 0 unspecified atom stereocenters. The maximum absolute atomic E-state index is 12.4. The lowest BCUT2D eigenvalue weighted by atomic mass is 9.78. The molecular formula is C38H36O7. The van der Waals surface area contributed by atoms with Crippen molar-refractivity contribution in [3.63, 3.8) is 0 Å². The van der Waals surface area contributed by atoms with Crippen LogP contribution in [0.1, 0.15) is 69.7 Å². The zero-order valence-electron chi connectivity index (χ0n) is 26.5. The Morgan fingerprint density at radius 2 is 1.11 bits per heavy atom. The maximum atomic E-state index is 12.4. The van der Waals surface area contributed by atoms with Crippen LogP contribution < -0.4 is 14.2 Å². The minimum Gasteiger partial charge on any atom is -0.457 e. The molecule has 0 fully saturated rings. The highest BCUT2D eigenvalue weighted by molar-refractivity contribution is 5.96. The molecule has 0 atom stereocenters. The lowest BCUT2D eigenvalue weighted by Crippen LogP contribution is -2.25. The fourth-order valence-electron chi connectivity index (χ4n) is 5.70. The van der Waals surface area contributed by atoms with Crippen molar-refractivity contribution >= 4 is 33.9 Å². The number of hydrogen-bond donors (Lipinski definition) is 0. The molecule has 1 aliphatic rings. The third-order valence-corrected chi connectivity index (χ3v) is 7.34. The molecule has 0 spiro atoms. The van der Waals surface area contributed by atoms with Gasteiger partial charge in [-0.25, -0.2) is 9.59 Å². The van der Waals surface area contributed by atoms with Crippen LogP contribution in [0, 0.1) is 6.92 Å². The number of ether oxygens (including phenoxy) is 5. The summed E-state index contributed by atoms with van der Waals surface area (Å²) in [5.41, 5.74) is 2.95. The summed E-state index contributed by atoms with van der Waals surface area (Å²) >= 11 is 0. The second kappa shape index (κ2) is 11.1. The van der Waals surface area contributed by atoms with Gasteiger partial charge in [0.15, 0.2) is 0 Å². The van der Waals surface area contributed by atoms with Gasteiger partial charge in [-0.2, -0.15) is 0 Å². The molecule has 0 aromatic heterocycles. The standard InChI is InChI=1S/C38H36O7/c1-22-9-8-10-25(19-22)32-33-28-15-13-26(41-35(39)44-37(2,3)4)20-23(28)11-17-30(33)43-31-18-12-24-21-27(14-16-29(24)34(31)32)42-36(40)45-38(5,6)7/h8-21,32H,1-7H3. The zero-order chi connectivity index (χ0) is 32.1. The van der Waals surface area contributed by atoms with Crippen LogP contribution in [0.4, 0.5) is 9.59 Å². The van der Waals surface area contributed by atoms with E-state index in [-0.39, 0.29) is 5.92 Å². The van der Waals surface area contributed by atoms with Crippen LogP contribution in [-0.2, 0) is 9.47 Å². The second-order valence-corrected chi connectivity index (χ2v) is 13.3. The van der Waals surface area contributed by atoms with Crippen molar-refractivity contribution in [2.45, 2.75) is 65.6 Å². The van der Waals surface area contributed by atoms with Crippen LogP contribution >= 0.6 is 0 Å². The van der Waals surface area contributed by atoms with Gasteiger partial charge in [-0.3, -0.25) is 0 Å². The lowest BCUT2D eigenvalue weighted by molar-refractivity contribution is 0.0193. The number of carbonyl (C=O) groups excluding carboxylic acids is 2. The Hall–Kier alpha value is -5.04. The summed E-state index contributed by atoms with van der Waals surface area (Å²) in [5.74, 6) is 2.12. The monoisotopic (exact) mass is 604 g/mol. The molecule has 0 amide bonds. The minimum atomic E-state index is -0.754. The highest BCUT2D eigenvalue weighted by Gasteiger charge is 2.32. The van der Waals surface area contributed by atoms with Crippen molar-refractivity contribution in [3.8, 4) is 23.0 Å². The summed E-state index contributed by atoms with van der Waals surface area (Å²) in [7, 11) is 0. The predicted octanol–water partition coefficient (Wildman–Crippen LogP) is 10.2. The van der Waals surface area contributed by atoms with Gasteiger partial charge in [-0.05, 0) is 112 Å². The topological polar surface area (TPSA) is 80.3 Å². The van der Waals surface area contributed by atoms with Crippen molar-refractivity contribution in [3.05, 3.63) is 107 Å². The van der Waals surface area contributed by atoms with E-state index in [4.69, 9.17) is 23.7 Å². The van der Waals surface area contributed by atoms with Crippen molar-refractivity contribution in [1.29, 1.82) is 0 Å². The zero-order valence-corrected chi connectivity index (χ0v) is 26.5. The SMILES string of the molecule is Cc1cccc(C2c3c(ccc4cc(OC(=O)OC(C)(C)C)ccc34)Oc3ccc4cc(OC(=O)OC(C)(C)C)ccc4c32)c1. The van der Waals surface area contributed by atoms with Crippen LogP contribution in [0.2, 0.25) is 0 Å². The Bertz CT molecular complexity index is 1840. The average molecular weight is 605 g/mol. The summed E-state index contributed by atoms with van der Waals surface area (Å²) in [6.45, 7) is 12.8. The third-order valence-electron chi connectivity index (χ3n) is 7.34. The normalized spacial score (nSPS) is 13.0. The van der Waals surface area contributed by atoms with Crippen LogP contribution in [0.5, 0.6) is 23.0 Å². The first-order chi connectivity index (χ1) is 21.2. The summed E-state index contributed by atoms with van der Waals surface area (Å²) in [4.78, 5) is 24.7. The molecule has 5 aromatic carbocycles. The Morgan fingerprint density at radius 1 is 0.622 bits per heavy atom. The van der Waals surface area contributed by atoms with Gasteiger partial charge >= 0.3 is 12.3 Å². The van der Waals surface area contributed by atoms with Crippen LogP contribution in [-0.4, -0.2) is 23.5 Å². The summed E-state index contributed by atoms with van der Waals surface area (Å²) in [6.07, 6.45) is -1.51.